The van der Waals surface area contributed by atoms with Crippen molar-refractivity contribution in [3.05, 3.63) is 81.1 Å². The van der Waals surface area contributed by atoms with Crippen molar-refractivity contribution in [3.63, 3.8) is 0 Å². The van der Waals surface area contributed by atoms with Crippen LogP contribution in [-0.4, -0.2) is 33.0 Å². The fourth-order valence-electron chi connectivity index (χ4n) is 3.16. The number of aromatic amines is 1. The highest BCUT2D eigenvalue weighted by atomic mass is 35.5. The van der Waals surface area contributed by atoms with E-state index in [0.29, 0.717) is 44.3 Å². The average Bonchev–Trinajstić information content (AvgIpc) is 3.09. The Morgan fingerprint density at radius 3 is 2.69 bits per heavy atom. The highest BCUT2D eigenvalue weighted by Gasteiger charge is 2.26. The Morgan fingerprint density at radius 2 is 1.90 bits per heavy atom. The Labute approximate surface area is 170 Å². The second-order valence-electron chi connectivity index (χ2n) is 6.63. The van der Waals surface area contributed by atoms with Gasteiger partial charge in [0, 0.05) is 12.6 Å². The van der Waals surface area contributed by atoms with Gasteiger partial charge < -0.3 is 14.4 Å². The molecule has 1 amide bonds. The molecule has 0 saturated carbocycles. The van der Waals surface area contributed by atoms with Crippen LogP contribution >= 0.6 is 11.6 Å². The van der Waals surface area contributed by atoms with Crippen LogP contribution in [0.5, 0.6) is 0 Å². The molecule has 2 aromatic carbocycles. The van der Waals surface area contributed by atoms with E-state index in [9.17, 15) is 9.59 Å². The van der Waals surface area contributed by atoms with Gasteiger partial charge in [0.2, 0.25) is 0 Å². The number of carbonyl (C=O) groups is 1. The van der Waals surface area contributed by atoms with Crippen LogP contribution in [0, 0.1) is 6.92 Å². The number of carbonyl (C=O) groups excluding carboxylic acids is 1. The maximum absolute atomic E-state index is 13.1. The largest absolute Gasteiger partial charge is 0.360 e. The van der Waals surface area contributed by atoms with Crippen LogP contribution in [0.4, 0.5) is 0 Å². The minimum Gasteiger partial charge on any atom is -0.360 e. The van der Waals surface area contributed by atoms with Gasteiger partial charge in [-0.2, -0.15) is 0 Å². The third-order valence-corrected chi connectivity index (χ3v) is 4.93. The number of para-hydroxylation sites is 1. The van der Waals surface area contributed by atoms with E-state index in [1.165, 1.54) is 4.90 Å². The van der Waals surface area contributed by atoms with Gasteiger partial charge in [-0.25, -0.2) is 4.98 Å². The molecule has 0 fully saturated rings. The molecule has 0 spiro atoms. The number of aromatic nitrogens is 3. The summed E-state index contributed by atoms with van der Waals surface area (Å²) in [6, 6.07) is 14.2. The molecular weight excluding hydrogens is 392 g/mol. The molecule has 0 atom stereocenters. The van der Waals surface area contributed by atoms with Gasteiger partial charge in [-0.15, -0.1) is 0 Å². The lowest BCUT2D eigenvalue weighted by Crippen LogP contribution is -2.29. The second-order valence-corrected chi connectivity index (χ2v) is 7.04. The quantitative estimate of drug-likeness (QED) is 0.554. The van der Waals surface area contributed by atoms with Crippen molar-refractivity contribution in [2.45, 2.75) is 13.5 Å². The maximum Gasteiger partial charge on any atom is 0.259 e. The number of rotatable bonds is 4. The molecule has 1 N–H and O–H groups in total. The zero-order chi connectivity index (χ0) is 20.5. The third kappa shape index (κ3) is 3.52. The van der Waals surface area contributed by atoms with Gasteiger partial charge in [0.25, 0.3) is 11.5 Å². The highest BCUT2D eigenvalue weighted by molar-refractivity contribution is 6.33. The summed E-state index contributed by atoms with van der Waals surface area (Å²) in [5.74, 6) is 0.462. The van der Waals surface area contributed by atoms with Crippen molar-refractivity contribution >= 4 is 28.4 Å². The van der Waals surface area contributed by atoms with Crippen molar-refractivity contribution in [2.24, 2.45) is 0 Å². The molecule has 0 aliphatic rings. The molecule has 2 aromatic heterocycles. The topological polar surface area (TPSA) is 92.1 Å². The van der Waals surface area contributed by atoms with E-state index in [-0.39, 0.29) is 18.0 Å². The minimum absolute atomic E-state index is 0.117. The number of nitrogens with zero attached hydrogens (tertiary/aromatic N) is 3. The third-order valence-electron chi connectivity index (χ3n) is 4.60. The fraction of sp³-hybridized carbons (Fsp3) is 0.143. The molecule has 146 valence electrons. The summed E-state index contributed by atoms with van der Waals surface area (Å²) in [4.78, 5) is 34.0. The van der Waals surface area contributed by atoms with E-state index >= 15 is 0 Å². The first-order valence-corrected chi connectivity index (χ1v) is 9.28. The van der Waals surface area contributed by atoms with E-state index in [2.05, 4.69) is 15.1 Å². The van der Waals surface area contributed by atoms with Gasteiger partial charge in [-0.05, 0) is 25.1 Å². The van der Waals surface area contributed by atoms with Gasteiger partial charge in [0.15, 0.2) is 0 Å². The van der Waals surface area contributed by atoms with E-state index in [0.717, 1.165) is 0 Å². The number of hydrogen-bond donors (Lipinski definition) is 1. The first-order valence-electron chi connectivity index (χ1n) is 8.90. The van der Waals surface area contributed by atoms with Crippen LogP contribution in [0.2, 0.25) is 5.02 Å². The molecule has 0 radical (unpaired) electrons. The minimum atomic E-state index is -0.311. The van der Waals surface area contributed by atoms with Gasteiger partial charge >= 0.3 is 0 Å². The molecule has 0 unspecified atom stereocenters. The first kappa shape index (κ1) is 18.9. The van der Waals surface area contributed by atoms with Gasteiger partial charge in [0.1, 0.15) is 22.8 Å². The van der Waals surface area contributed by atoms with Gasteiger partial charge in [0.05, 0.1) is 22.5 Å². The molecular formula is C21H17ClN4O3. The summed E-state index contributed by atoms with van der Waals surface area (Å²) in [5.41, 5.74) is 1.64. The van der Waals surface area contributed by atoms with Crippen LogP contribution in [-0.2, 0) is 6.54 Å². The van der Waals surface area contributed by atoms with Crippen molar-refractivity contribution in [1.29, 1.82) is 0 Å². The van der Waals surface area contributed by atoms with E-state index in [1.807, 2.05) is 12.1 Å². The summed E-state index contributed by atoms with van der Waals surface area (Å²) in [6.07, 6.45) is 0. The molecule has 7 nitrogen and oxygen atoms in total. The van der Waals surface area contributed by atoms with Crippen molar-refractivity contribution < 1.29 is 9.32 Å². The molecule has 4 rings (SSSR count). The van der Waals surface area contributed by atoms with Gasteiger partial charge in [-0.3, -0.25) is 9.59 Å². The normalized spacial score (nSPS) is 11.0. The zero-order valence-electron chi connectivity index (χ0n) is 15.8. The van der Waals surface area contributed by atoms with Crippen molar-refractivity contribution in [1.82, 2.24) is 20.0 Å². The Kier molecular flexibility index (Phi) is 4.90. The average molecular weight is 409 g/mol. The SMILES string of the molecule is Cc1onc(-c2ccccc2Cl)c1C(=O)N(C)Cc1nc2ccccc2c(=O)[nH]1. The molecule has 0 aliphatic heterocycles. The number of nitrogens with one attached hydrogen (secondary N) is 1. The zero-order valence-corrected chi connectivity index (χ0v) is 16.5. The van der Waals surface area contributed by atoms with E-state index < -0.39 is 0 Å². The number of fused-ring (bicyclic) bond motifs is 1. The lowest BCUT2D eigenvalue weighted by Gasteiger charge is -2.17. The Balaban J connectivity index is 1.67. The van der Waals surface area contributed by atoms with Crippen molar-refractivity contribution in [2.75, 3.05) is 7.05 Å². The van der Waals surface area contributed by atoms with Crippen LogP contribution in [0.3, 0.4) is 0 Å². The summed E-state index contributed by atoms with van der Waals surface area (Å²) >= 11 is 6.27. The number of benzene rings is 2. The fourth-order valence-corrected chi connectivity index (χ4v) is 3.38. The summed E-state index contributed by atoms with van der Waals surface area (Å²) < 4.78 is 5.27. The lowest BCUT2D eigenvalue weighted by atomic mass is 10.1. The van der Waals surface area contributed by atoms with E-state index in [4.69, 9.17) is 16.1 Å². The van der Waals surface area contributed by atoms with Crippen LogP contribution in [0.25, 0.3) is 22.2 Å². The Bertz CT molecular complexity index is 1280. The van der Waals surface area contributed by atoms with Crippen LogP contribution < -0.4 is 5.56 Å². The number of aryl methyl sites for hydroxylation is 1. The summed E-state index contributed by atoms with van der Waals surface area (Å²) in [6.45, 7) is 1.79. The summed E-state index contributed by atoms with van der Waals surface area (Å²) in [7, 11) is 1.63. The summed E-state index contributed by atoms with van der Waals surface area (Å²) in [5, 5.41) is 5.00. The highest BCUT2D eigenvalue weighted by Crippen LogP contribution is 2.31. The second kappa shape index (κ2) is 7.52. The van der Waals surface area contributed by atoms with Crippen LogP contribution in [0.1, 0.15) is 21.9 Å². The van der Waals surface area contributed by atoms with Crippen LogP contribution in [0.15, 0.2) is 57.8 Å². The predicted molar refractivity (Wildman–Crippen MR) is 110 cm³/mol. The molecule has 0 saturated heterocycles. The smallest absolute Gasteiger partial charge is 0.259 e. The monoisotopic (exact) mass is 408 g/mol. The molecule has 0 aliphatic carbocycles. The number of halogens is 1. The first-order chi connectivity index (χ1) is 14.0. The lowest BCUT2D eigenvalue weighted by molar-refractivity contribution is 0.0780. The maximum atomic E-state index is 13.1. The number of amides is 1. The Hall–Kier alpha value is -3.45. The molecule has 8 heteroatoms. The van der Waals surface area contributed by atoms with Crippen molar-refractivity contribution in [3.8, 4) is 11.3 Å². The molecule has 4 aromatic rings. The molecule has 2 heterocycles. The number of hydrogen-bond acceptors (Lipinski definition) is 5. The standard InChI is InChI=1S/C21H17ClN4O3/c1-12-18(19(25-29-12)13-7-3-5-9-15(13)22)21(28)26(2)11-17-23-16-10-6-4-8-14(16)20(27)24-17/h3-10H,11H2,1-2H3,(H,23,24,27). The predicted octanol–water partition coefficient (Wildman–Crippen LogP) is 3.81. The Morgan fingerprint density at radius 1 is 1.17 bits per heavy atom. The molecule has 0 bridgehead atoms. The number of H-pyrrole nitrogens is 1. The molecule has 29 heavy (non-hydrogen) atoms. The van der Waals surface area contributed by atoms with Gasteiger partial charge in [-0.1, -0.05) is 47.1 Å². The van der Waals surface area contributed by atoms with E-state index in [1.54, 1.807) is 50.4 Å².